The molecule has 0 aromatic heterocycles. The van der Waals surface area contributed by atoms with Crippen molar-refractivity contribution in [1.29, 1.82) is 0 Å². The molecule has 2 unspecified atom stereocenters. The Morgan fingerprint density at radius 1 is 0.719 bits per heavy atom. The summed E-state index contributed by atoms with van der Waals surface area (Å²) >= 11 is 4.75. The van der Waals surface area contributed by atoms with Crippen LogP contribution in [0.1, 0.15) is 143 Å². The van der Waals surface area contributed by atoms with Crippen LogP contribution in [0.2, 0.25) is 0 Å². The lowest BCUT2D eigenvalue weighted by Gasteiger charge is -2.22. The summed E-state index contributed by atoms with van der Waals surface area (Å²) in [5, 5.41) is 19.6. The minimum Gasteiger partial charge on any atom is -0.478 e. The molecular formula is C26H40I2O4. The molecule has 32 heavy (non-hydrogen) atoms. The molecule has 182 valence electrons. The van der Waals surface area contributed by atoms with E-state index >= 15 is 0 Å². The van der Waals surface area contributed by atoms with Crippen LogP contribution in [0.5, 0.6) is 0 Å². The summed E-state index contributed by atoms with van der Waals surface area (Å²) in [5.41, 5.74) is 1.64. The topological polar surface area (TPSA) is 74.6 Å². The number of aromatic carboxylic acids is 2. The molecule has 6 heteroatoms. The minimum atomic E-state index is -1.17. The van der Waals surface area contributed by atoms with Gasteiger partial charge in [0.15, 0.2) is 0 Å². The molecule has 4 nitrogen and oxygen atoms in total. The highest BCUT2D eigenvalue weighted by Gasteiger charge is 2.28. The van der Waals surface area contributed by atoms with E-state index in [9.17, 15) is 19.8 Å². The van der Waals surface area contributed by atoms with Crippen molar-refractivity contribution in [3.8, 4) is 0 Å². The van der Waals surface area contributed by atoms with Crippen LogP contribution >= 0.6 is 45.2 Å². The highest BCUT2D eigenvalue weighted by Crippen LogP contribution is 2.42. The van der Waals surface area contributed by atoms with E-state index < -0.39 is 11.9 Å². The van der Waals surface area contributed by atoms with E-state index in [2.05, 4.69) is 59.0 Å². The third-order valence-electron chi connectivity index (χ3n) is 6.00. The fourth-order valence-corrected chi connectivity index (χ4v) is 6.26. The second kappa shape index (κ2) is 17.1. The Labute approximate surface area is 221 Å². The molecule has 0 heterocycles. The molecule has 1 aromatic carbocycles. The van der Waals surface area contributed by atoms with E-state index in [1.165, 1.54) is 63.9 Å². The summed E-state index contributed by atoms with van der Waals surface area (Å²) in [6.07, 6.45) is 16.3. The zero-order valence-corrected chi connectivity index (χ0v) is 24.0. The van der Waals surface area contributed by atoms with Gasteiger partial charge in [-0.1, -0.05) is 142 Å². The van der Waals surface area contributed by atoms with Crippen LogP contribution in [0.15, 0.2) is 12.1 Å². The first-order valence-corrected chi connectivity index (χ1v) is 14.8. The number of unbranched alkanes of at least 4 members (excludes halogenated alkanes) is 10. The van der Waals surface area contributed by atoms with Gasteiger partial charge in [0.05, 0.1) is 11.1 Å². The molecule has 1 aromatic rings. The van der Waals surface area contributed by atoms with E-state index in [1.807, 2.05) is 6.07 Å². The first-order chi connectivity index (χ1) is 15.3. The number of alkyl halides is 2. The van der Waals surface area contributed by atoms with Crippen molar-refractivity contribution < 1.29 is 19.8 Å². The van der Waals surface area contributed by atoms with Gasteiger partial charge in [-0.2, -0.15) is 0 Å². The lowest BCUT2D eigenvalue weighted by atomic mass is 9.89. The van der Waals surface area contributed by atoms with Crippen molar-refractivity contribution >= 4 is 57.1 Å². The van der Waals surface area contributed by atoms with Crippen molar-refractivity contribution in [3.63, 3.8) is 0 Å². The smallest absolute Gasteiger partial charge is 0.336 e. The molecule has 0 aliphatic carbocycles. The second-order valence-corrected chi connectivity index (χ2v) is 11.7. The number of hydrogen-bond acceptors (Lipinski definition) is 2. The molecule has 0 amide bonds. The molecule has 1 rings (SSSR count). The van der Waals surface area contributed by atoms with Crippen molar-refractivity contribution in [2.75, 3.05) is 0 Å². The fourth-order valence-electron chi connectivity index (χ4n) is 4.16. The van der Waals surface area contributed by atoms with Gasteiger partial charge in [-0.05, 0) is 30.0 Å². The Morgan fingerprint density at radius 2 is 1.19 bits per heavy atom. The average Bonchev–Trinajstić information content (AvgIpc) is 2.76. The van der Waals surface area contributed by atoms with Crippen molar-refractivity contribution in [2.24, 2.45) is 0 Å². The standard InChI is InChI=1S/C26H40I2O4/c1-3-5-7-9-11-13-15-21(27)19-17-18-20(25(29)30)24(26(31)32)23(19)22(28)16-14-12-10-8-6-4-2/h17-18,21-22H,3-16H2,1-2H3,(H,29,30)(H,31,32). The molecule has 0 spiro atoms. The Hall–Kier alpha value is -0.380. The second-order valence-electron chi connectivity index (χ2n) is 8.65. The van der Waals surface area contributed by atoms with Crippen molar-refractivity contribution in [2.45, 2.75) is 112 Å². The van der Waals surface area contributed by atoms with Crippen LogP contribution in [-0.4, -0.2) is 22.2 Å². The quantitative estimate of drug-likeness (QED) is 0.0927. The maximum absolute atomic E-state index is 12.2. The molecule has 2 N–H and O–H groups in total. The third-order valence-corrected chi connectivity index (χ3v) is 8.54. The monoisotopic (exact) mass is 670 g/mol. The van der Waals surface area contributed by atoms with Crippen LogP contribution in [0, 0.1) is 0 Å². The van der Waals surface area contributed by atoms with Gasteiger partial charge in [-0.25, -0.2) is 9.59 Å². The maximum Gasteiger partial charge on any atom is 0.336 e. The lowest BCUT2D eigenvalue weighted by molar-refractivity contribution is 0.0650. The number of halogens is 2. The predicted octanol–water partition coefficient (Wildman–Crippen LogP) is 9.54. The largest absolute Gasteiger partial charge is 0.478 e. The van der Waals surface area contributed by atoms with Gasteiger partial charge in [0.1, 0.15) is 0 Å². The average molecular weight is 670 g/mol. The van der Waals surface area contributed by atoms with Crippen LogP contribution < -0.4 is 0 Å². The minimum absolute atomic E-state index is 0.000922. The first kappa shape index (κ1) is 29.7. The number of benzene rings is 1. The molecule has 2 atom stereocenters. The normalized spacial score (nSPS) is 13.1. The molecule has 0 saturated carbocycles. The Kier molecular flexibility index (Phi) is 15.9. The van der Waals surface area contributed by atoms with Gasteiger partial charge in [0.25, 0.3) is 0 Å². The van der Waals surface area contributed by atoms with Crippen LogP contribution in [0.3, 0.4) is 0 Å². The Balaban J connectivity index is 3.01. The van der Waals surface area contributed by atoms with E-state index in [1.54, 1.807) is 0 Å². The van der Waals surface area contributed by atoms with Gasteiger partial charge in [0, 0.05) is 7.85 Å². The van der Waals surface area contributed by atoms with E-state index in [0.717, 1.165) is 43.2 Å². The van der Waals surface area contributed by atoms with Gasteiger partial charge in [0.2, 0.25) is 0 Å². The molecule has 0 aliphatic rings. The number of rotatable bonds is 18. The van der Waals surface area contributed by atoms with Crippen molar-refractivity contribution in [1.82, 2.24) is 0 Å². The van der Waals surface area contributed by atoms with E-state index in [-0.39, 0.29) is 19.0 Å². The van der Waals surface area contributed by atoms with Crippen molar-refractivity contribution in [3.05, 3.63) is 34.4 Å². The zero-order chi connectivity index (χ0) is 23.9. The van der Waals surface area contributed by atoms with Crippen LogP contribution in [-0.2, 0) is 0 Å². The van der Waals surface area contributed by atoms with Crippen LogP contribution in [0.4, 0.5) is 0 Å². The number of hydrogen-bond donors (Lipinski definition) is 2. The molecular weight excluding hydrogens is 630 g/mol. The fraction of sp³-hybridized carbons (Fsp3) is 0.692. The van der Waals surface area contributed by atoms with Gasteiger partial charge >= 0.3 is 11.9 Å². The van der Waals surface area contributed by atoms with Gasteiger partial charge in [-0.15, -0.1) is 0 Å². The summed E-state index contributed by atoms with van der Waals surface area (Å²) in [6.45, 7) is 4.42. The summed E-state index contributed by atoms with van der Waals surface area (Å²) in [5.74, 6) is -2.30. The van der Waals surface area contributed by atoms with Gasteiger partial charge < -0.3 is 10.2 Å². The molecule has 0 saturated heterocycles. The highest BCUT2D eigenvalue weighted by molar-refractivity contribution is 14.1. The zero-order valence-electron chi connectivity index (χ0n) is 19.7. The summed E-state index contributed by atoms with van der Waals surface area (Å²) in [4.78, 5) is 23.9. The van der Waals surface area contributed by atoms with Crippen LogP contribution in [0.25, 0.3) is 0 Å². The third kappa shape index (κ3) is 10.3. The molecule has 0 radical (unpaired) electrons. The predicted molar refractivity (Wildman–Crippen MR) is 150 cm³/mol. The summed E-state index contributed by atoms with van der Waals surface area (Å²) in [7, 11) is 0. The SMILES string of the molecule is CCCCCCCCC(I)c1ccc(C(=O)O)c(C(=O)O)c1C(I)CCCCCCCC. The summed E-state index contributed by atoms with van der Waals surface area (Å²) in [6, 6.07) is 3.36. The number of carboxylic acids is 2. The number of carbonyl (C=O) groups is 2. The van der Waals surface area contributed by atoms with E-state index in [4.69, 9.17) is 0 Å². The van der Waals surface area contributed by atoms with E-state index in [0.29, 0.717) is 0 Å². The maximum atomic E-state index is 12.2. The first-order valence-electron chi connectivity index (χ1n) is 12.3. The Morgan fingerprint density at radius 3 is 1.66 bits per heavy atom. The molecule has 0 bridgehead atoms. The number of carboxylic acid groups (broad SMARTS) is 2. The lowest BCUT2D eigenvalue weighted by Crippen LogP contribution is -2.15. The summed E-state index contributed by atoms with van der Waals surface area (Å²) < 4.78 is 0.192. The molecule has 0 aliphatic heterocycles. The van der Waals surface area contributed by atoms with Gasteiger partial charge in [-0.3, -0.25) is 0 Å². The molecule has 0 fully saturated rings. The Bertz CT molecular complexity index is 705. The highest BCUT2D eigenvalue weighted by atomic mass is 127.